The van der Waals surface area contributed by atoms with Crippen molar-refractivity contribution in [3.63, 3.8) is 0 Å². The lowest BCUT2D eigenvalue weighted by atomic mass is 9.95. The average Bonchev–Trinajstić information content (AvgIpc) is 3.84. The summed E-state index contributed by atoms with van der Waals surface area (Å²) in [6.07, 6.45) is 2.95. The van der Waals surface area contributed by atoms with E-state index in [2.05, 4.69) is 77.5 Å². The van der Waals surface area contributed by atoms with E-state index >= 15 is 0 Å². The summed E-state index contributed by atoms with van der Waals surface area (Å²) in [4.78, 5) is 58.1. The molecule has 2 aliphatic rings. The Balaban J connectivity index is 1.72. The van der Waals surface area contributed by atoms with Gasteiger partial charge in [-0.3, -0.25) is 9.13 Å². The minimum Gasteiger partial charge on any atom is -0.354 e. The predicted octanol–water partition coefficient (Wildman–Crippen LogP) is 9.68. The lowest BCUT2D eigenvalue weighted by molar-refractivity contribution is 0.385. The predicted molar refractivity (Wildman–Crippen MR) is 229 cm³/mol. The van der Waals surface area contributed by atoms with Crippen molar-refractivity contribution < 1.29 is 28.7 Å². The molecule has 0 amide bonds. The first kappa shape index (κ1) is 39.6. The van der Waals surface area contributed by atoms with Crippen LogP contribution in [-0.2, 0) is 22.0 Å². The summed E-state index contributed by atoms with van der Waals surface area (Å²) in [5.74, 6) is 0. The normalized spacial score (nSPS) is 13.6. The van der Waals surface area contributed by atoms with Gasteiger partial charge in [0.25, 0.3) is 0 Å². The van der Waals surface area contributed by atoms with E-state index in [-0.39, 0.29) is 10.6 Å². The standard InChI is InChI=1S/C44H48N4O6P2/c1-9-31-23(5)41-39(27-13-17-29(18-14-27)55(49,50)51)42-25(7)33(11-3)37(47-42)22-38-34(12-4)26(8)44(48-38)40(28-15-19-30(20-16-28)56(52,53)54)43-24(6)32(10-2)36(46-43)21-35(31)45-41/h13-22,45,48H,9-12H2,1-8H3,(H2,49,50,51)(H2,52,53,54). The maximum atomic E-state index is 12.2. The number of nitrogens with one attached hydrogen (secondary N) is 2. The van der Waals surface area contributed by atoms with E-state index in [1.165, 1.54) is 24.3 Å². The lowest BCUT2D eigenvalue weighted by Crippen LogP contribution is -2.02. The van der Waals surface area contributed by atoms with E-state index in [0.717, 1.165) is 137 Å². The number of H-pyrrole nitrogens is 2. The Bertz CT molecular complexity index is 2570. The second-order valence-corrected chi connectivity index (χ2v) is 17.8. The minimum absolute atomic E-state index is 0.0449. The molecule has 0 aliphatic carbocycles. The Morgan fingerprint density at radius 1 is 0.536 bits per heavy atom. The molecule has 3 aromatic heterocycles. The number of allylic oxidation sites excluding steroid dienone is 4. The van der Waals surface area contributed by atoms with Crippen LogP contribution in [0.15, 0.2) is 60.7 Å². The smallest absolute Gasteiger partial charge is 0.354 e. The van der Waals surface area contributed by atoms with Gasteiger partial charge in [-0.05, 0) is 145 Å². The zero-order valence-electron chi connectivity index (χ0n) is 33.0. The first-order chi connectivity index (χ1) is 26.5. The van der Waals surface area contributed by atoms with Gasteiger partial charge in [-0.1, -0.05) is 52.0 Å². The van der Waals surface area contributed by atoms with Gasteiger partial charge in [0, 0.05) is 22.2 Å². The summed E-state index contributed by atoms with van der Waals surface area (Å²) in [5, 5.41) is -0.0899. The van der Waals surface area contributed by atoms with Gasteiger partial charge in [0.15, 0.2) is 0 Å². The minimum atomic E-state index is -4.46. The molecule has 7 rings (SSSR count). The molecule has 2 aliphatic heterocycles. The highest BCUT2D eigenvalue weighted by molar-refractivity contribution is 7.60. The summed E-state index contributed by atoms with van der Waals surface area (Å²) in [6, 6.07) is 17.3. The molecule has 0 atom stereocenters. The molecule has 6 N–H and O–H groups in total. The number of benzene rings is 2. The molecule has 5 heterocycles. The van der Waals surface area contributed by atoms with Crippen LogP contribution in [0, 0.1) is 13.8 Å². The summed E-state index contributed by atoms with van der Waals surface area (Å²) < 4.78 is 24.4. The highest BCUT2D eigenvalue weighted by atomic mass is 31.2. The van der Waals surface area contributed by atoms with E-state index in [1.807, 2.05) is 0 Å². The fourth-order valence-corrected chi connectivity index (χ4v) is 9.59. The third-order valence-electron chi connectivity index (χ3n) is 11.5. The second-order valence-electron chi connectivity index (χ2n) is 14.6. The Morgan fingerprint density at radius 2 is 0.875 bits per heavy atom. The van der Waals surface area contributed by atoms with Crippen molar-refractivity contribution >= 4 is 70.2 Å². The van der Waals surface area contributed by atoms with Crippen LogP contribution in [0.5, 0.6) is 0 Å². The monoisotopic (exact) mass is 790 g/mol. The fourth-order valence-electron chi connectivity index (χ4n) is 8.52. The molecular weight excluding hydrogens is 742 g/mol. The fraction of sp³-hybridized carbons (Fsp3) is 0.273. The van der Waals surface area contributed by atoms with E-state index in [4.69, 9.17) is 9.97 Å². The van der Waals surface area contributed by atoms with Gasteiger partial charge in [-0.15, -0.1) is 0 Å². The summed E-state index contributed by atoms with van der Waals surface area (Å²) >= 11 is 0. The van der Waals surface area contributed by atoms with Crippen LogP contribution < -0.4 is 10.6 Å². The van der Waals surface area contributed by atoms with Crippen molar-refractivity contribution in [1.29, 1.82) is 0 Å². The number of aromatic amines is 2. The number of hydrogen-bond acceptors (Lipinski definition) is 4. The lowest BCUT2D eigenvalue weighted by Gasteiger charge is -2.10. The second kappa shape index (κ2) is 14.7. The Labute approximate surface area is 326 Å². The molecule has 10 nitrogen and oxygen atoms in total. The molecule has 8 bridgehead atoms. The molecule has 0 saturated heterocycles. The third-order valence-corrected chi connectivity index (χ3v) is 13.4. The van der Waals surface area contributed by atoms with Gasteiger partial charge in [-0.2, -0.15) is 0 Å². The number of aromatic nitrogens is 4. The molecule has 290 valence electrons. The van der Waals surface area contributed by atoms with Crippen molar-refractivity contribution in [2.45, 2.75) is 81.1 Å². The molecule has 0 unspecified atom stereocenters. The molecule has 0 fully saturated rings. The molecular formula is C44H48N4O6P2. The zero-order valence-corrected chi connectivity index (χ0v) is 34.8. The Kier molecular flexibility index (Phi) is 10.4. The first-order valence-corrected chi connectivity index (χ1v) is 22.3. The highest BCUT2D eigenvalue weighted by Crippen LogP contribution is 2.44. The maximum Gasteiger partial charge on any atom is 0.356 e. The summed E-state index contributed by atoms with van der Waals surface area (Å²) in [7, 11) is -8.91. The maximum absolute atomic E-state index is 12.2. The molecule has 12 heteroatoms. The Hall–Kier alpha value is -4.66. The van der Waals surface area contributed by atoms with Crippen molar-refractivity contribution in [3.05, 3.63) is 106 Å². The van der Waals surface area contributed by atoms with E-state index in [1.54, 1.807) is 24.3 Å². The summed E-state index contributed by atoms with van der Waals surface area (Å²) in [6.45, 7) is 16.9. The number of hydrogen-bond donors (Lipinski definition) is 6. The van der Waals surface area contributed by atoms with Crippen LogP contribution in [0.2, 0.25) is 0 Å². The average molecular weight is 791 g/mol. The van der Waals surface area contributed by atoms with Crippen LogP contribution in [0.3, 0.4) is 0 Å². The third kappa shape index (κ3) is 6.68. The topological polar surface area (TPSA) is 172 Å². The molecule has 0 saturated carbocycles. The van der Waals surface area contributed by atoms with Crippen molar-refractivity contribution in [2.75, 3.05) is 0 Å². The number of nitrogens with zero attached hydrogens (tertiary/aromatic N) is 2. The van der Waals surface area contributed by atoms with Gasteiger partial charge < -0.3 is 29.5 Å². The SMILES string of the molecule is CCC1=C(C)c2nc1cc1[nH]c(c(C)c1CC)c(-c1ccc(P(=O)(O)O)cc1)c1nc(cc3[nH]c(c(C)c3CC)c2-c2ccc(P(=O)(O)O)cc2)C(CC)=C1C. The molecule has 0 spiro atoms. The van der Waals surface area contributed by atoms with Crippen LogP contribution in [0.1, 0.15) is 99.4 Å². The largest absolute Gasteiger partial charge is 0.356 e. The number of aryl methyl sites for hydroxylation is 4. The van der Waals surface area contributed by atoms with Crippen molar-refractivity contribution in [3.8, 4) is 22.3 Å². The van der Waals surface area contributed by atoms with Crippen LogP contribution in [0.4, 0.5) is 0 Å². The highest BCUT2D eigenvalue weighted by Gasteiger charge is 2.27. The number of rotatable bonds is 8. The van der Waals surface area contributed by atoms with E-state index in [0.29, 0.717) is 0 Å². The van der Waals surface area contributed by atoms with Gasteiger partial charge >= 0.3 is 15.2 Å². The molecule has 2 aromatic carbocycles. The molecule has 56 heavy (non-hydrogen) atoms. The van der Waals surface area contributed by atoms with Gasteiger partial charge in [0.05, 0.1) is 44.4 Å². The number of fused-ring (bicyclic) bond motifs is 8. The first-order valence-electron chi connectivity index (χ1n) is 19.0. The Morgan fingerprint density at radius 3 is 1.16 bits per heavy atom. The van der Waals surface area contributed by atoms with Gasteiger partial charge in [0.2, 0.25) is 0 Å². The van der Waals surface area contributed by atoms with Crippen LogP contribution in [0.25, 0.3) is 66.6 Å². The van der Waals surface area contributed by atoms with Gasteiger partial charge in [0.1, 0.15) is 0 Å². The van der Waals surface area contributed by atoms with E-state index in [9.17, 15) is 28.7 Å². The molecule has 5 aromatic rings. The van der Waals surface area contributed by atoms with E-state index < -0.39 is 15.2 Å². The van der Waals surface area contributed by atoms with Gasteiger partial charge in [-0.25, -0.2) is 9.97 Å². The van der Waals surface area contributed by atoms with Crippen LogP contribution >= 0.6 is 15.2 Å². The zero-order chi connectivity index (χ0) is 40.4. The van der Waals surface area contributed by atoms with Crippen molar-refractivity contribution in [1.82, 2.24) is 19.9 Å². The van der Waals surface area contributed by atoms with Crippen molar-refractivity contribution in [2.24, 2.45) is 0 Å². The quantitative estimate of drug-likeness (QED) is 0.0844. The summed E-state index contributed by atoms with van der Waals surface area (Å²) in [5.41, 5.74) is 18.7. The molecule has 0 radical (unpaired) electrons. The van der Waals surface area contributed by atoms with Crippen LogP contribution in [-0.4, -0.2) is 39.5 Å².